The Morgan fingerprint density at radius 3 is 2.09 bits per heavy atom. The van der Waals surface area contributed by atoms with Crippen molar-refractivity contribution < 1.29 is 14.4 Å². The molecule has 22 heavy (non-hydrogen) atoms. The maximum Gasteiger partial charge on any atom is 0.262 e. The summed E-state index contributed by atoms with van der Waals surface area (Å²) in [7, 11) is 0. The molecule has 3 aliphatic rings. The van der Waals surface area contributed by atoms with Crippen LogP contribution in [-0.2, 0) is 14.4 Å². The summed E-state index contributed by atoms with van der Waals surface area (Å²) in [5, 5.41) is 2.66. The van der Waals surface area contributed by atoms with E-state index in [1.54, 1.807) is 24.3 Å². The lowest BCUT2D eigenvalue weighted by Crippen LogP contribution is -2.33. The lowest BCUT2D eigenvalue weighted by atomic mass is 9.99. The molecule has 110 valence electrons. The van der Waals surface area contributed by atoms with Crippen LogP contribution in [0.5, 0.6) is 0 Å². The Hall–Kier alpha value is -2.69. The number of hydrogen-bond donors (Lipinski definition) is 1. The van der Waals surface area contributed by atoms with Crippen LogP contribution in [-0.4, -0.2) is 17.7 Å². The number of carbonyl (C=O) groups is 3. The first-order valence-corrected chi connectivity index (χ1v) is 7.25. The van der Waals surface area contributed by atoms with Crippen molar-refractivity contribution in [1.82, 2.24) is 0 Å². The molecule has 0 spiro atoms. The topological polar surface area (TPSA) is 66.5 Å². The van der Waals surface area contributed by atoms with Crippen molar-refractivity contribution in [2.75, 3.05) is 10.2 Å². The normalized spacial score (nSPS) is 25.2. The third kappa shape index (κ3) is 1.68. The largest absolute Gasteiger partial charge is 0.326 e. The Morgan fingerprint density at radius 1 is 1.05 bits per heavy atom. The first kappa shape index (κ1) is 13.0. The van der Waals surface area contributed by atoms with E-state index in [9.17, 15) is 14.4 Å². The van der Waals surface area contributed by atoms with Gasteiger partial charge in [0.05, 0.1) is 5.69 Å². The van der Waals surface area contributed by atoms with Crippen LogP contribution in [0.2, 0.25) is 0 Å². The van der Waals surface area contributed by atoms with E-state index in [1.807, 2.05) is 12.2 Å². The number of fused-ring (bicyclic) bond motifs is 4. The number of hydrogen-bond acceptors (Lipinski definition) is 3. The van der Waals surface area contributed by atoms with Crippen LogP contribution in [0.1, 0.15) is 13.3 Å². The second-order valence-electron chi connectivity index (χ2n) is 5.83. The van der Waals surface area contributed by atoms with Gasteiger partial charge in [0.1, 0.15) is 0 Å². The van der Waals surface area contributed by atoms with Gasteiger partial charge in [0.25, 0.3) is 11.8 Å². The molecule has 2 bridgehead atoms. The zero-order valence-corrected chi connectivity index (χ0v) is 12.0. The number of nitrogens with zero attached hydrogens (tertiary/aromatic N) is 1. The summed E-state index contributed by atoms with van der Waals surface area (Å²) >= 11 is 0. The van der Waals surface area contributed by atoms with Gasteiger partial charge in [0.2, 0.25) is 5.91 Å². The highest BCUT2D eigenvalue weighted by Gasteiger charge is 2.50. The van der Waals surface area contributed by atoms with Crippen LogP contribution in [0.25, 0.3) is 0 Å². The van der Waals surface area contributed by atoms with E-state index in [-0.39, 0.29) is 29.6 Å². The third-order valence-electron chi connectivity index (χ3n) is 4.43. The smallest absolute Gasteiger partial charge is 0.262 e. The molecule has 0 saturated heterocycles. The number of amides is 3. The van der Waals surface area contributed by atoms with Gasteiger partial charge in [0.15, 0.2) is 0 Å². The summed E-state index contributed by atoms with van der Waals surface area (Å²) in [6.07, 6.45) is 4.91. The van der Waals surface area contributed by atoms with E-state index in [2.05, 4.69) is 5.32 Å². The molecule has 1 heterocycles. The lowest BCUT2D eigenvalue weighted by molar-refractivity contribution is -0.121. The van der Waals surface area contributed by atoms with Crippen LogP contribution in [0, 0.1) is 11.8 Å². The van der Waals surface area contributed by atoms with E-state index in [4.69, 9.17) is 0 Å². The lowest BCUT2D eigenvalue weighted by Gasteiger charge is -2.18. The van der Waals surface area contributed by atoms with Crippen LogP contribution in [0.3, 0.4) is 0 Å². The maximum absolute atomic E-state index is 12.6. The number of allylic oxidation sites excluding steroid dienone is 2. The molecule has 5 heteroatoms. The molecule has 1 aliphatic heterocycles. The predicted molar refractivity (Wildman–Crippen MR) is 81.0 cm³/mol. The fourth-order valence-corrected chi connectivity index (χ4v) is 3.54. The van der Waals surface area contributed by atoms with Gasteiger partial charge in [0, 0.05) is 35.6 Å². The van der Waals surface area contributed by atoms with E-state index in [0.717, 1.165) is 6.42 Å². The SMILES string of the molecule is CC(=O)Nc1ccc(N2C(=O)C3=C(C2=O)C2C=CC3C2)cc1. The van der Waals surface area contributed by atoms with Crippen molar-refractivity contribution >= 4 is 29.1 Å². The average Bonchev–Trinajstić information content (AvgIpc) is 3.14. The van der Waals surface area contributed by atoms with Gasteiger partial charge in [-0.2, -0.15) is 0 Å². The second kappa shape index (κ2) is 4.40. The monoisotopic (exact) mass is 294 g/mol. The number of anilines is 2. The molecule has 0 saturated carbocycles. The van der Waals surface area contributed by atoms with Gasteiger partial charge in [-0.25, -0.2) is 4.90 Å². The predicted octanol–water partition coefficient (Wildman–Crippen LogP) is 2.02. The molecule has 0 aromatic heterocycles. The molecule has 2 unspecified atom stereocenters. The van der Waals surface area contributed by atoms with Crippen LogP contribution in [0.15, 0.2) is 47.6 Å². The molecule has 4 rings (SSSR count). The molecular formula is C17H14N2O3. The summed E-state index contributed by atoms with van der Waals surface area (Å²) in [5.41, 5.74) is 2.52. The highest BCUT2D eigenvalue weighted by atomic mass is 16.2. The maximum atomic E-state index is 12.6. The number of imide groups is 1. The van der Waals surface area contributed by atoms with Crippen molar-refractivity contribution in [2.45, 2.75) is 13.3 Å². The van der Waals surface area contributed by atoms with Crippen LogP contribution < -0.4 is 10.2 Å². The Kier molecular flexibility index (Phi) is 2.60. The Balaban J connectivity index is 1.64. The molecule has 0 fully saturated rings. The first-order valence-electron chi connectivity index (χ1n) is 7.25. The number of carbonyl (C=O) groups excluding carboxylic acids is 3. The minimum Gasteiger partial charge on any atom is -0.326 e. The van der Waals surface area contributed by atoms with Gasteiger partial charge in [-0.3, -0.25) is 14.4 Å². The summed E-state index contributed by atoms with van der Waals surface area (Å²) in [6, 6.07) is 6.73. The van der Waals surface area contributed by atoms with E-state index in [1.165, 1.54) is 11.8 Å². The average molecular weight is 294 g/mol. The molecule has 5 nitrogen and oxygen atoms in total. The standard InChI is InChI=1S/C17H14N2O3/c1-9(20)18-12-4-6-13(7-5-12)19-16(21)14-10-2-3-11(8-10)15(14)17(19)22/h2-7,10-11H,8H2,1H3,(H,18,20). The summed E-state index contributed by atoms with van der Waals surface area (Å²) < 4.78 is 0. The second-order valence-corrected chi connectivity index (χ2v) is 5.83. The number of nitrogens with one attached hydrogen (secondary N) is 1. The van der Waals surface area contributed by atoms with Crippen LogP contribution >= 0.6 is 0 Å². The minimum atomic E-state index is -0.205. The molecular weight excluding hydrogens is 280 g/mol. The summed E-state index contributed by atoms with van der Waals surface area (Å²) in [5.74, 6) is -0.377. The quantitative estimate of drug-likeness (QED) is 0.670. The summed E-state index contributed by atoms with van der Waals surface area (Å²) in [6.45, 7) is 1.43. The Labute approximate surface area is 127 Å². The molecule has 1 N–H and O–H groups in total. The van der Waals surface area contributed by atoms with Crippen LogP contribution in [0.4, 0.5) is 11.4 Å². The minimum absolute atomic E-state index is 0.0973. The van der Waals surface area contributed by atoms with Gasteiger partial charge in [-0.05, 0) is 30.7 Å². The van der Waals surface area contributed by atoms with Crippen molar-refractivity contribution in [3.63, 3.8) is 0 Å². The van der Waals surface area contributed by atoms with E-state index >= 15 is 0 Å². The highest BCUT2D eigenvalue weighted by molar-refractivity contribution is 6.34. The van der Waals surface area contributed by atoms with Gasteiger partial charge in [-0.15, -0.1) is 0 Å². The molecule has 1 aromatic carbocycles. The first-order chi connectivity index (χ1) is 10.6. The van der Waals surface area contributed by atoms with Crippen molar-refractivity contribution in [2.24, 2.45) is 11.8 Å². The van der Waals surface area contributed by atoms with Gasteiger partial charge >= 0.3 is 0 Å². The third-order valence-corrected chi connectivity index (χ3v) is 4.43. The van der Waals surface area contributed by atoms with Gasteiger partial charge < -0.3 is 5.32 Å². The summed E-state index contributed by atoms with van der Waals surface area (Å²) in [4.78, 5) is 37.5. The van der Waals surface area contributed by atoms with E-state index in [0.29, 0.717) is 22.5 Å². The van der Waals surface area contributed by atoms with E-state index < -0.39 is 0 Å². The number of benzene rings is 1. The zero-order chi connectivity index (χ0) is 15.4. The molecule has 2 atom stereocenters. The Bertz CT molecular complexity index is 740. The molecule has 3 amide bonds. The zero-order valence-electron chi connectivity index (χ0n) is 12.0. The highest BCUT2D eigenvalue weighted by Crippen LogP contribution is 2.49. The van der Waals surface area contributed by atoms with Crippen molar-refractivity contribution in [1.29, 1.82) is 0 Å². The van der Waals surface area contributed by atoms with Crippen molar-refractivity contribution in [3.05, 3.63) is 47.6 Å². The Morgan fingerprint density at radius 2 is 1.59 bits per heavy atom. The van der Waals surface area contributed by atoms with Crippen molar-refractivity contribution in [3.8, 4) is 0 Å². The fourth-order valence-electron chi connectivity index (χ4n) is 3.54. The molecule has 0 radical (unpaired) electrons. The molecule has 1 aromatic rings. The van der Waals surface area contributed by atoms with Gasteiger partial charge in [-0.1, -0.05) is 12.2 Å². The fraction of sp³-hybridized carbons (Fsp3) is 0.235. The molecule has 2 aliphatic carbocycles. The number of rotatable bonds is 2.